The molecule has 0 aliphatic heterocycles. The number of hydrogen-bond donors (Lipinski definition) is 3. The molecule has 0 saturated heterocycles. The molecule has 5 rings (SSSR count). The van der Waals surface area contributed by atoms with Crippen LogP contribution in [0.4, 0.5) is 17.6 Å². The van der Waals surface area contributed by atoms with E-state index in [1.54, 1.807) is 12.1 Å². The van der Waals surface area contributed by atoms with Gasteiger partial charge in [-0.2, -0.15) is 13.2 Å². The van der Waals surface area contributed by atoms with Gasteiger partial charge in [-0.05, 0) is 61.1 Å². The Kier molecular flexibility index (Phi) is 7.98. The van der Waals surface area contributed by atoms with E-state index in [4.69, 9.17) is 25.7 Å². The van der Waals surface area contributed by atoms with E-state index in [1.807, 2.05) is 18.2 Å². The van der Waals surface area contributed by atoms with E-state index in [2.05, 4.69) is 29.2 Å². The lowest BCUT2D eigenvalue weighted by atomic mass is 9.92. The number of hydrogen-bond acceptors (Lipinski definition) is 6. The first-order valence-electron chi connectivity index (χ1n) is 11.8. The van der Waals surface area contributed by atoms with Crippen molar-refractivity contribution in [3.05, 3.63) is 83.3 Å². The molecule has 0 radical (unpaired) electrons. The number of carboxylic acid groups (broad SMARTS) is 2. The molecule has 1 fully saturated rings. The number of rotatable bonds is 7. The maximum Gasteiger partial charge on any atom is 0.490 e. The molecule has 2 heterocycles. The number of pyridine rings is 1. The van der Waals surface area contributed by atoms with Crippen molar-refractivity contribution in [2.75, 3.05) is 0 Å². The predicted molar refractivity (Wildman–Crippen MR) is 137 cm³/mol. The Morgan fingerprint density at radius 2 is 1.69 bits per heavy atom. The lowest BCUT2D eigenvalue weighted by molar-refractivity contribution is -0.192. The summed E-state index contributed by atoms with van der Waals surface area (Å²) in [5.74, 6) is -4.19. The number of fused-ring (bicyclic) bond motifs is 1. The van der Waals surface area contributed by atoms with Gasteiger partial charge in [0.1, 0.15) is 27.2 Å². The van der Waals surface area contributed by atoms with E-state index >= 15 is 0 Å². The maximum absolute atomic E-state index is 14.8. The fourth-order valence-electron chi connectivity index (χ4n) is 4.11. The standard InChI is InChI=1S/C25H22FN3O2S.C2HF3O2/c26-18-14-15(7-9-19(27)24(30)31)6-8-17(18)22-28-20-10-11-21(29-23(20)32-22)25(12-13-25)16-4-2-1-3-5-16;3-2(4,5)1(6)7/h1-6,8,10-11,14,19H,7,9,12-13,27H2,(H,30,31);(H,6,7)/t19-;/m0./s1. The van der Waals surface area contributed by atoms with Gasteiger partial charge in [-0.1, -0.05) is 47.7 Å². The Morgan fingerprint density at radius 1 is 1.03 bits per heavy atom. The first-order chi connectivity index (χ1) is 18.4. The molecular formula is C27H23F4N3O4S. The van der Waals surface area contributed by atoms with Gasteiger partial charge in [-0.25, -0.2) is 19.2 Å². The van der Waals surface area contributed by atoms with Crippen molar-refractivity contribution in [2.45, 2.75) is 43.3 Å². The van der Waals surface area contributed by atoms with Crippen molar-refractivity contribution in [3.8, 4) is 10.6 Å². The van der Waals surface area contributed by atoms with Crippen molar-refractivity contribution < 1.29 is 37.4 Å². The molecule has 0 bridgehead atoms. The van der Waals surface area contributed by atoms with Crippen LogP contribution in [0.3, 0.4) is 0 Å². The number of nitrogens with two attached hydrogens (primary N) is 1. The van der Waals surface area contributed by atoms with Crippen molar-refractivity contribution in [2.24, 2.45) is 5.73 Å². The van der Waals surface area contributed by atoms with Gasteiger partial charge in [-0.3, -0.25) is 4.79 Å². The Labute approximate surface area is 224 Å². The van der Waals surface area contributed by atoms with Crippen LogP contribution < -0.4 is 5.73 Å². The summed E-state index contributed by atoms with van der Waals surface area (Å²) in [5.41, 5.74) is 9.73. The Balaban J connectivity index is 0.000000448. The molecule has 0 unspecified atom stereocenters. The highest BCUT2D eigenvalue weighted by molar-refractivity contribution is 7.21. The van der Waals surface area contributed by atoms with Crippen molar-refractivity contribution >= 4 is 33.6 Å². The molecule has 4 aromatic rings. The number of aromatic nitrogens is 2. The normalized spacial score (nSPS) is 14.8. The summed E-state index contributed by atoms with van der Waals surface area (Å²) >= 11 is 1.39. The SMILES string of the molecule is N[C@@H](CCc1ccc(-c2nc3ccc(C4(c5ccccc5)CC4)nc3s2)c(F)c1)C(=O)O.O=C(O)C(F)(F)F. The minimum atomic E-state index is -5.08. The van der Waals surface area contributed by atoms with E-state index in [1.165, 1.54) is 23.0 Å². The summed E-state index contributed by atoms with van der Waals surface area (Å²) < 4.78 is 46.6. The number of halogens is 4. The van der Waals surface area contributed by atoms with Crippen LogP contribution in [-0.2, 0) is 21.4 Å². The Bertz CT molecular complexity index is 1500. The molecule has 1 saturated carbocycles. The zero-order valence-corrected chi connectivity index (χ0v) is 21.1. The first-order valence-corrected chi connectivity index (χ1v) is 12.6. The van der Waals surface area contributed by atoms with Crippen LogP contribution in [0.25, 0.3) is 20.9 Å². The van der Waals surface area contributed by atoms with E-state index in [0.29, 0.717) is 22.6 Å². The first kappa shape index (κ1) is 28.1. The molecule has 2 aromatic heterocycles. The van der Waals surface area contributed by atoms with Gasteiger partial charge >= 0.3 is 18.1 Å². The van der Waals surface area contributed by atoms with E-state index in [-0.39, 0.29) is 17.7 Å². The van der Waals surface area contributed by atoms with Crippen LogP contribution in [-0.4, -0.2) is 44.3 Å². The monoisotopic (exact) mass is 561 g/mol. The lowest BCUT2D eigenvalue weighted by Crippen LogP contribution is -2.30. The fraction of sp³-hybridized carbons (Fsp3) is 0.259. The average molecular weight is 562 g/mol. The van der Waals surface area contributed by atoms with Gasteiger partial charge in [-0.15, -0.1) is 0 Å². The maximum atomic E-state index is 14.8. The molecule has 1 atom stereocenters. The number of thiazole rings is 1. The molecule has 39 heavy (non-hydrogen) atoms. The number of benzene rings is 2. The lowest BCUT2D eigenvalue weighted by Gasteiger charge is -2.14. The van der Waals surface area contributed by atoms with Gasteiger partial charge in [0.05, 0.1) is 5.69 Å². The minimum Gasteiger partial charge on any atom is -0.480 e. The third-order valence-electron chi connectivity index (χ3n) is 6.39. The summed E-state index contributed by atoms with van der Waals surface area (Å²) in [4.78, 5) is 30.1. The molecule has 0 spiro atoms. The highest BCUT2D eigenvalue weighted by Crippen LogP contribution is 2.53. The Hall–Kier alpha value is -3.90. The second-order valence-corrected chi connectivity index (χ2v) is 10.1. The highest BCUT2D eigenvalue weighted by atomic mass is 32.1. The zero-order chi connectivity index (χ0) is 28.4. The van der Waals surface area contributed by atoms with Gasteiger partial charge in [0, 0.05) is 11.0 Å². The van der Waals surface area contributed by atoms with Crippen LogP contribution in [0.2, 0.25) is 0 Å². The molecule has 12 heteroatoms. The van der Waals surface area contributed by atoms with Gasteiger partial charge < -0.3 is 15.9 Å². The molecule has 0 amide bonds. The smallest absolute Gasteiger partial charge is 0.480 e. The summed E-state index contributed by atoms with van der Waals surface area (Å²) in [6.07, 6.45) is -2.28. The predicted octanol–water partition coefficient (Wildman–Crippen LogP) is 5.56. The van der Waals surface area contributed by atoms with E-state index < -0.39 is 24.2 Å². The summed E-state index contributed by atoms with van der Waals surface area (Å²) in [6.45, 7) is 0. The van der Waals surface area contributed by atoms with Crippen molar-refractivity contribution in [1.29, 1.82) is 0 Å². The number of aryl methyl sites for hydroxylation is 1. The zero-order valence-electron chi connectivity index (χ0n) is 20.3. The molecule has 4 N–H and O–H groups in total. The molecule has 7 nitrogen and oxygen atoms in total. The topological polar surface area (TPSA) is 126 Å². The van der Waals surface area contributed by atoms with Crippen LogP contribution in [0, 0.1) is 5.82 Å². The average Bonchev–Trinajstić information content (AvgIpc) is 3.60. The number of carboxylic acids is 2. The van der Waals surface area contributed by atoms with Gasteiger partial charge in [0.2, 0.25) is 0 Å². The molecule has 204 valence electrons. The van der Waals surface area contributed by atoms with Crippen molar-refractivity contribution in [3.63, 3.8) is 0 Å². The summed E-state index contributed by atoms with van der Waals surface area (Å²) in [7, 11) is 0. The van der Waals surface area contributed by atoms with Crippen LogP contribution in [0.5, 0.6) is 0 Å². The van der Waals surface area contributed by atoms with E-state index in [0.717, 1.165) is 28.9 Å². The number of carbonyl (C=O) groups is 2. The largest absolute Gasteiger partial charge is 0.490 e. The van der Waals surface area contributed by atoms with Crippen LogP contribution in [0.1, 0.15) is 36.1 Å². The van der Waals surface area contributed by atoms with Crippen LogP contribution >= 0.6 is 11.3 Å². The van der Waals surface area contributed by atoms with Crippen LogP contribution in [0.15, 0.2) is 60.7 Å². The fourth-order valence-corrected chi connectivity index (χ4v) is 5.07. The highest BCUT2D eigenvalue weighted by Gasteiger charge is 2.47. The number of aliphatic carboxylic acids is 2. The summed E-state index contributed by atoms with van der Waals surface area (Å²) in [6, 6.07) is 18.4. The molecule has 2 aromatic carbocycles. The van der Waals surface area contributed by atoms with E-state index in [9.17, 15) is 22.4 Å². The molecular weight excluding hydrogens is 538 g/mol. The molecule has 1 aliphatic rings. The quantitative estimate of drug-likeness (QED) is 0.252. The third kappa shape index (κ3) is 6.40. The van der Waals surface area contributed by atoms with Gasteiger partial charge in [0.25, 0.3) is 0 Å². The van der Waals surface area contributed by atoms with Crippen molar-refractivity contribution in [1.82, 2.24) is 9.97 Å². The third-order valence-corrected chi connectivity index (χ3v) is 7.39. The summed E-state index contributed by atoms with van der Waals surface area (Å²) in [5, 5.41) is 16.6. The number of nitrogens with zero attached hydrogens (tertiary/aromatic N) is 2. The second kappa shape index (κ2) is 11.1. The molecule has 1 aliphatic carbocycles. The second-order valence-electron chi connectivity index (χ2n) is 9.09. The van der Waals surface area contributed by atoms with Gasteiger partial charge in [0.15, 0.2) is 0 Å². The minimum absolute atomic E-state index is 0.0245. The number of alkyl halides is 3. The Morgan fingerprint density at radius 3 is 2.26 bits per heavy atom.